The SMILES string of the molecule is CCc1ccn(CSC)n1. The molecule has 0 saturated carbocycles. The molecule has 1 aromatic heterocycles. The van der Waals surface area contributed by atoms with Crippen LogP contribution in [-0.4, -0.2) is 16.0 Å². The summed E-state index contributed by atoms with van der Waals surface area (Å²) in [4.78, 5) is 0. The summed E-state index contributed by atoms with van der Waals surface area (Å²) in [5.74, 6) is 0.958. The van der Waals surface area contributed by atoms with Crippen LogP contribution in [0.25, 0.3) is 0 Å². The number of aryl methyl sites for hydroxylation is 1. The van der Waals surface area contributed by atoms with Crippen molar-refractivity contribution in [1.29, 1.82) is 0 Å². The molecular weight excluding hydrogens is 144 g/mol. The van der Waals surface area contributed by atoms with E-state index in [1.807, 2.05) is 10.9 Å². The van der Waals surface area contributed by atoms with Gasteiger partial charge in [0.15, 0.2) is 0 Å². The molecule has 56 valence electrons. The molecule has 1 heterocycles. The maximum absolute atomic E-state index is 4.31. The Hall–Kier alpha value is -0.440. The Labute approximate surface area is 65.6 Å². The maximum atomic E-state index is 4.31. The van der Waals surface area contributed by atoms with E-state index in [4.69, 9.17) is 0 Å². The van der Waals surface area contributed by atoms with Crippen LogP contribution in [0.15, 0.2) is 12.3 Å². The van der Waals surface area contributed by atoms with E-state index in [0.717, 1.165) is 12.3 Å². The molecule has 0 aliphatic heterocycles. The van der Waals surface area contributed by atoms with Crippen molar-refractivity contribution in [2.75, 3.05) is 6.26 Å². The summed E-state index contributed by atoms with van der Waals surface area (Å²) in [5, 5.41) is 4.31. The highest BCUT2D eigenvalue weighted by molar-refractivity contribution is 7.97. The van der Waals surface area contributed by atoms with Crippen LogP contribution in [0.2, 0.25) is 0 Å². The van der Waals surface area contributed by atoms with Crippen molar-refractivity contribution in [3.8, 4) is 0 Å². The molecule has 0 saturated heterocycles. The van der Waals surface area contributed by atoms with Crippen LogP contribution < -0.4 is 0 Å². The van der Waals surface area contributed by atoms with Gasteiger partial charge < -0.3 is 0 Å². The molecule has 1 rings (SSSR count). The average Bonchev–Trinajstić information content (AvgIpc) is 2.37. The zero-order chi connectivity index (χ0) is 7.40. The van der Waals surface area contributed by atoms with Crippen molar-refractivity contribution < 1.29 is 0 Å². The van der Waals surface area contributed by atoms with Crippen LogP contribution in [-0.2, 0) is 12.3 Å². The van der Waals surface area contributed by atoms with Crippen molar-refractivity contribution >= 4 is 11.8 Å². The molecule has 0 aliphatic carbocycles. The van der Waals surface area contributed by atoms with E-state index in [0.29, 0.717) is 0 Å². The fourth-order valence-corrected chi connectivity index (χ4v) is 1.20. The van der Waals surface area contributed by atoms with Crippen LogP contribution >= 0.6 is 11.8 Å². The number of aromatic nitrogens is 2. The van der Waals surface area contributed by atoms with Gasteiger partial charge in [-0.05, 0) is 18.7 Å². The first-order chi connectivity index (χ1) is 4.86. The molecule has 0 N–H and O–H groups in total. The zero-order valence-corrected chi connectivity index (χ0v) is 7.19. The summed E-state index contributed by atoms with van der Waals surface area (Å²) in [6.07, 6.45) is 5.13. The van der Waals surface area contributed by atoms with Crippen molar-refractivity contribution in [3.63, 3.8) is 0 Å². The molecular formula is C7H12N2S. The molecule has 0 atom stereocenters. The van der Waals surface area contributed by atoms with E-state index in [9.17, 15) is 0 Å². The van der Waals surface area contributed by atoms with Gasteiger partial charge in [0.2, 0.25) is 0 Å². The van der Waals surface area contributed by atoms with Crippen molar-refractivity contribution in [1.82, 2.24) is 9.78 Å². The van der Waals surface area contributed by atoms with Gasteiger partial charge in [-0.2, -0.15) is 5.10 Å². The summed E-state index contributed by atoms with van der Waals surface area (Å²) < 4.78 is 1.96. The lowest BCUT2D eigenvalue weighted by Gasteiger charge is -1.94. The third-order valence-electron chi connectivity index (χ3n) is 1.32. The Bertz CT molecular complexity index is 195. The van der Waals surface area contributed by atoms with Gasteiger partial charge in [0.05, 0.1) is 11.6 Å². The minimum Gasteiger partial charge on any atom is -0.263 e. The van der Waals surface area contributed by atoms with E-state index in [2.05, 4.69) is 24.3 Å². The molecule has 0 amide bonds. The summed E-state index contributed by atoms with van der Waals surface area (Å²) in [7, 11) is 0. The number of nitrogens with zero attached hydrogens (tertiary/aromatic N) is 2. The van der Waals surface area contributed by atoms with Crippen LogP contribution in [0, 0.1) is 0 Å². The monoisotopic (exact) mass is 156 g/mol. The van der Waals surface area contributed by atoms with Gasteiger partial charge in [0, 0.05) is 6.20 Å². The summed E-state index contributed by atoms with van der Waals surface area (Å²) in [6, 6.07) is 2.07. The molecule has 10 heavy (non-hydrogen) atoms. The third-order valence-corrected chi connectivity index (χ3v) is 1.84. The third kappa shape index (κ3) is 1.77. The number of thioether (sulfide) groups is 1. The van der Waals surface area contributed by atoms with E-state index in [-0.39, 0.29) is 0 Å². The molecule has 0 unspecified atom stereocenters. The van der Waals surface area contributed by atoms with Gasteiger partial charge in [0.1, 0.15) is 0 Å². The fraction of sp³-hybridized carbons (Fsp3) is 0.571. The van der Waals surface area contributed by atoms with Gasteiger partial charge in [-0.3, -0.25) is 4.68 Å². The first kappa shape index (κ1) is 7.66. The lowest BCUT2D eigenvalue weighted by molar-refractivity contribution is 0.732. The molecule has 3 heteroatoms. The second kappa shape index (κ2) is 3.66. The van der Waals surface area contributed by atoms with Crippen LogP contribution in [0.4, 0.5) is 0 Å². The molecule has 0 aliphatic rings. The molecule has 0 spiro atoms. The standard InChI is InChI=1S/C7H12N2S/c1-3-7-4-5-9(8-7)6-10-2/h4-5H,3,6H2,1-2H3. The second-order valence-corrected chi connectivity index (χ2v) is 2.95. The van der Waals surface area contributed by atoms with E-state index >= 15 is 0 Å². The van der Waals surface area contributed by atoms with E-state index in [1.54, 1.807) is 11.8 Å². The lowest BCUT2D eigenvalue weighted by atomic mass is 10.4. The Morgan fingerprint density at radius 3 is 3.00 bits per heavy atom. The minimum absolute atomic E-state index is 0.958. The summed E-state index contributed by atoms with van der Waals surface area (Å²) in [6.45, 7) is 2.12. The Morgan fingerprint density at radius 2 is 2.50 bits per heavy atom. The van der Waals surface area contributed by atoms with Gasteiger partial charge in [-0.15, -0.1) is 11.8 Å². The fourth-order valence-electron chi connectivity index (χ4n) is 0.796. The van der Waals surface area contributed by atoms with E-state index in [1.165, 1.54) is 5.69 Å². The Kier molecular flexibility index (Phi) is 2.81. The first-order valence-corrected chi connectivity index (χ1v) is 4.77. The van der Waals surface area contributed by atoms with Crippen LogP contribution in [0.1, 0.15) is 12.6 Å². The maximum Gasteiger partial charge on any atom is 0.0860 e. The topological polar surface area (TPSA) is 17.8 Å². The predicted molar refractivity (Wildman–Crippen MR) is 45.1 cm³/mol. The van der Waals surface area contributed by atoms with Gasteiger partial charge >= 0.3 is 0 Å². The largest absolute Gasteiger partial charge is 0.263 e. The lowest BCUT2D eigenvalue weighted by Crippen LogP contribution is -1.94. The minimum atomic E-state index is 0.958. The van der Waals surface area contributed by atoms with Crippen LogP contribution in [0.3, 0.4) is 0 Å². The summed E-state index contributed by atoms with van der Waals surface area (Å²) in [5.41, 5.74) is 1.18. The van der Waals surface area contributed by atoms with Gasteiger partial charge in [0.25, 0.3) is 0 Å². The Morgan fingerprint density at radius 1 is 1.70 bits per heavy atom. The quantitative estimate of drug-likeness (QED) is 0.663. The Balaban J connectivity index is 2.59. The normalized spacial score (nSPS) is 10.2. The highest BCUT2D eigenvalue weighted by Crippen LogP contribution is 2.00. The molecule has 0 bridgehead atoms. The molecule has 0 fully saturated rings. The van der Waals surface area contributed by atoms with Crippen molar-refractivity contribution in [3.05, 3.63) is 18.0 Å². The molecule has 1 aromatic rings. The highest BCUT2D eigenvalue weighted by Gasteiger charge is 1.93. The number of hydrogen-bond donors (Lipinski definition) is 0. The smallest absolute Gasteiger partial charge is 0.0860 e. The van der Waals surface area contributed by atoms with Crippen LogP contribution in [0.5, 0.6) is 0 Å². The number of hydrogen-bond acceptors (Lipinski definition) is 2. The molecule has 0 radical (unpaired) electrons. The highest BCUT2D eigenvalue weighted by atomic mass is 32.2. The molecule has 2 nitrogen and oxygen atoms in total. The average molecular weight is 156 g/mol. The van der Waals surface area contributed by atoms with Crippen molar-refractivity contribution in [2.45, 2.75) is 19.2 Å². The second-order valence-electron chi connectivity index (χ2n) is 2.12. The predicted octanol–water partition coefficient (Wildman–Crippen LogP) is 1.77. The van der Waals surface area contributed by atoms with Gasteiger partial charge in [-0.1, -0.05) is 6.92 Å². The van der Waals surface area contributed by atoms with E-state index < -0.39 is 0 Å². The number of rotatable bonds is 3. The molecule has 0 aromatic carbocycles. The first-order valence-electron chi connectivity index (χ1n) is 3.38. The van der Waals surface area contributed by atoms with Crippen molar-refractivity contribution in [2.24, 2.45) is 0 Å². The zero-order valence-electron chi connectivity index (χ0n) is 6.37. The van der Waals surface area contributed by atoms with Gasteiger partial charge in [-0.25, -0.2) is 0 Å². The summed E-state index contributed by atoms with van der Waals surface area (Å²) >= 11 is 1.78.